The van der Waals surface area contributed by atoms with Crippen molar-refractivity contribution in [1.29, 1.82) is 0 Å². The van der Waals surface area contributed by atoms with Gasteiger partial charge in [-0.25, -0.2) is 9.97 Å². The number of benzene rings is 1. The van der Waals surface area contributed by atoms with E-state index in [9.17, 15) is 0 Å². The van der Waals surface area contributed by atoms with Crippen LogP contribution in [0.4, 0.5) is 0 Å². The van der Waals surface area contributed by atoms with Crippen LogP contribution in [-0.2, 0) is 6.42 Å². The Bertz CT molecular complexity index is 855. The molecule has 0 radical (unpaired) electrons. The monoisotopic (exact) mass is 548 g/mol. The summed E-state index contributed by atoms with van der Waals surface area (Å²) in [7, 11) is 0. The highest BCUT2D eigenvalue weighted by atomic mass is 16.5. The lowest BCUT2D eigenvalue weighted by molar-refractivity contribution is 0.228. The van der Waals surface area contributed by atoms with E-state index in [1.165, 1.54) is 134 Å². The van der Waals surface area contributed by atoms with Gasteiger partial charge in [0.25, 0.3) is 0 Å². The van der Waals surface area contributed by atoms with Crippen LogP contribution in [0.25, 0.3) is 11.4 Å². The summed E-state index contributed by atoms with van der Waals surface area (Å²) in [6.45, 7) is 5.40. The Labute approximate surface area is 247 Å². The summed E-state index contributed by atoms with van der Waals surface area (Å²) >= 11 is 0. The summed E-state index contributed by atoms with van der Waals surface area (Å²) in [6, 6.07) is 8.32. The Hall–Kier alpha value is -1.90. The first-order valence-electron chi connectivity index (χ1n) is 17.3. The molecule has 0 spiro atoms. The van der Waals surface area contributed by atoms with E-state index in [4.69, 9.17) is 4.74 Å². The molecule has 0 amide bonds. The molecule has 3 rings (SSSR count). The molecule has 3 nitrogen and oxygen atoms in total. The number of aryl methyl sites for hydroxylation is 1. The maximum Gasteiger partial charge on any atom is 0.159 e. The summed E-state index contributed by atoms with van der Waals surface area (Å²) in [5.41, 5.74) is 2.31. The molecular formula is C37H60N2O. The van der Waals surface area contributed by atoms with E-state index in [1.807, 2.05) is 12.4 Å². The van der Waals surface area contributed by atoms with E-state index >= 15 is 0 Å². The number of rotatable bonds is 22. The van der Waals surface area contributed by atoms with Gasteiger partial charge in [0.05, 0.1) is 6.61 Å². The van der Waals surface area contributed by atoms with Crippen LogP contribution >= 0.6 is 0 Å². The van der Waals surface area contributed by atoms with Crippen LogP contribution in [0.5, 0.6) is 5.75 Å². The lowest BCUT2D eigenvalue weighted by Crippen LogP contribution is -2.15. The standard InChI is InChI=1S/C37H60N2O/c1-3-5-7-9-11-13-15-18-32-21-23-33(24-22-32)20-17-29-40-36-27-25-35(26-28-36)37-38-30-34(31-39-37)19-16-14-12-10-8-6-4-2/h25-28,30-33H,3-24,29H2,1-2H3. The quantitative estimate of drug-likeness (QED) is 0.137. The number of nitrogens with zero attached hydrogens (tertiary/aromatic N) is 2. The van der Waals surface area contributed by atoms with Gasteiger partial charge in [-0.15, -0.1) is 0 Å². The maximum atomic E-state index is 6.07. The van der Waals surface area contributed by atoms with Crippen LogP contribution in [0.2, 0.25) is 0 Å². The Kier molecular flexibility index (Phi) is 17.0. The van der Waals surface area contributed by atoms with Gasteiger partial charge in [-0.3, -0.25) is 0 Å². The van der Waals surface area contributed by atoms with Gasteiger partial charge < -0.3 is 4.74 Å². The number of aromatic nitrogens is 2. The zero-order valence-corrected chi connectivity index (χ0v) is 26.2. The second-order valence-electron chi connectivity index (χ2n) is 12.6. The van der Waals surface area contributed by atoms with Crippen molar-refractivity contribution in [1.82, 2.24) is 9.97 Å². The zero-order valence-electron chi connectivity index (χ0n) is 26.2. The van der Waals surface area contributed by atoms with Crippen LogP contribution in [0.15, 0.2) is 36.7 Å². The second-order valence-corrected chi connectivity index (χ2v) is 12.6. The molecule has 1 aliphatic rings. The molecule has 1 fully saturated rings. The summed E-state index contributed by atoms with van der Waals surface area (Å²) in [6.07, 6.45) is 34.3. The minimum atomic E-state index is 0.803. The fourth-order valence-corrected chi connectivity index (χ4v) is 6.38. The first-order valence-corrected chi connectivity index (χ1v) is 17.3. The van der Waals surface area contributed by atoms with Crippen molar-refractivity contribution in [3.63, 3.8) is 0 Å². The minimum Gasteiger partial charge on any atom is -0.494 e. The molecule has 0 aliphatic heterocycles. The molecule has 0 unspecified atom stereocenters. The molecule has 1 heterocycles. The molecule has 0 saturated heterocycles. The van der Waals surface area contributed by atoms with Crippen LogP contribution in [0.1, 0.15) is 154 Å². The average molecular weight is 549 g/mol. The molecule has 1 saturated carbocycles. The molecule has 0 N–H and O–H groups in total. The summed E-state index contributed by atoms with van der Waals surface area (Å²) in [5.74, 6) is 3.68. The Balaban J connectivity index is 1.22. The molecule has 1 aliphatic carbocycles. The van der Waals surface area contributed by atoms with Gasteiger partial charge in [-0.05, 0) is 67.3 Å². The largest absolute Gasteiger partial charge is 0.494 e. The Morgan fingerprint density at radius 1 is 0.600 bits per heavy atom. The van der Waals surface area contributed by atoms with Crippen molar-refractivity contribution in [2.75, 3.05) is 6.61 Å². The first-order chi connectivity index (χ1) is 19.8. The first kappa shape index (κ1) is 32.6. The van der Waals surface area contributed by atoms with Gasteiger partial charge in [0.2, 0.25) is 0 Å². The van der Waals surface area contributed by atoms with Crippen LogP contribution in [-0.4, -0.2) is 16.6 Å². The van der Waals surface area contributed by atoms with Gasteiger partial charge in [0, 0.05) is 18.0 Å². The van der Waals surface area contributed by atoms with E-state index in [0.29, 0.717) is 0 Å². The van der Waals surface area contributed by atoms with E-state index < -0.39 is 0 Å². The van der Waals surface area contributed by atoms with Gasteiger partial charge in [0.1, 0.15) is 5.75 Å². The average Bonchev–Trinajstić information content (AvgIpc) is 3.00. The third-order valence-electron chi connectivity index (χ3n) is 9.09. The van der Waals surface area contributed by atoms with Crippen molar-refractivity contribution < 1.29 is 4.74 Å². The topological polar surface area (TPSA) is 35.0 Å². The number of ether oxygens (including phenoxy) is 1. The predicted octanol–water partition coefficient (Wildman–Crippen LogP) is 11.5. The van der Waals surface area contributed by atoms with E-state index in [1.54, 1.807) is 0 Å². The third-order valence-corrected chi connectivity index (χ3v) is 9.09. The van der Waals surface area contributed by atoms with E-state index in [0.717, 1.165) is 48.4 Å². The van der Waals surface area contributed by atoms with Gasteiger partial charge >= 0.3 is 0 Å². The normalized spacial score (nSPS) is 17.2. The van der Waals surface area contributed by atoms with Crippen molar-refractivity contribution in [3.05, 3.63) is 42.2 Å². The predicted molar refractivity (Wildman–Crippen MR) is 172 cm³/mol. The molecule has 2 aromatic rings. The maximum absolute atomic E-state index is 6.07. The minimum absolute atomic E-state index is 0.803. The molecule has 0 atom stereocenters. The van der Waals surface area contributed by atoms with Crippen LogP contribution in [0, 0.1) is 11.8 Å². The zero-order chi connectivity index (χ0) is 28.1. The van der Waals surface area contributed by atoms with Crippen molar-refractivity contribution in [3.8, 4) is 17.1 Å². The van der Waals surface area contributed by atoms with Gasteiger partial charge in [-0.1, -0.05) is 129 Å². The van der Waals surface area contributed by atoms with Crippen molar-refractivity contribution in [2.45, 2.75) is 155 Å². The van der Waals surface area contributed by atoms with E-state index in [2.05, 4.69) is 48.1 Å². The summed E-state index contributed by atoms with van der Waals surface area (Å²) in [4.78, 5) is 9.27. The third kappa shape index (κ3) is 13.6. The molecule has 1 aromatic carbocycles. The molecule has 40 heavy (non-hydrogen) atoms. The molecule has 224 valence electrons. The van der Waals surface area contributed by atoms with Crippen LogP contribution < -0.4 is 4.74 Å². The second kappa shape index (κ2) is 20.9. The van der Waals surface area contributed by atoms with Crippen molar-refractivity contribution in [2.24, 2.45) is 11.8 Å². The fraction of sp³-hybridized carbons (Fsp3) is 0.730. The number of hydrogen-bond donors (Lipinski definition) is 0. The highest BCUT2D eigenvalue weighted by molar-refractivity contribution is 5.55. The smallest absolute Gasteiger partial charge is 0.159 e. The van der Waals surface area contributed by atoms with Gasteiger partial charge in [-0.2, -0.15) is 0 Å². The summed E-state index contributed by atoms with van der Waals surface area (Å²) < 4.78 is 6.07. The van der Waals surface area contributed by atoms with E-state index in [-0.39, 0.29) is 0 Å². The SMILES string of the molecule is CCCCCCCCCc1cnc(-c2ccc(OCCCC3CCC(CCCCCCCCC)CC3)cc2)nc1. The molecular weight excluding hydrogens is 488 g/mol. The Morgan fingerprint density at radius 2 is 1.10 bits per heavy atom. The van der Waals surface area contributed by atoms with Crippen LogP contribution in [0.3, 0.4) is 0 Å². The molecule has 1 aromatic heterocycles. The number of unbranched alkanes of at least 4 members (excludes halogenated alkanes) is 12. The molecule has 3 heteroatoms. The lowest BCUT2D eigenvalue weighted by atomic mass is 9.78. The highest BCUT2D eigenvalue weighted by Gasteiger charge is 2.20. The highest BCUT2D eigenvalue weighted by Crippen LogP contribution is 2.34. The summed E-state index contributed by atoms with van der Waals surface area (Å²) in [5, 5.41) is 0. The number of hydrogen-bond acceptors (Lipinski definition) is 3. The Morgan fingerprint density at radius 3 is 1.68 bits per heavy atom. The van der Waals surface area contributed by atoms with Gasteiger partial charge in [0.15, 0.2) is 5.82 Å². The fourth-order valence-electron chi connectivity index (χ4n) is 6.38. The lowest BCUT2D eigenvalue weighted by Gasteiger charge is -2.28. The van der Waals surface area contributed by atoms with Crippen molar-refractivity contribution >= 4 is 0 Å². The molecule has 0 bridgehead atoms.